The first-order chi connectivity index (χ1) is 8.17. The van der Waals surface area contributed by atoms with Crippen LogP contribution in [0.4, 0.5) is 5.82 Å². The zero-order valence-corrected chi connectivity index (χ0v) is 9.82. The van der Waals surface area contributed by atoms with Gasteiger partial charge >= 0.3 is 0 Å². The quantitative estimate of drug-likeness (QED) is 0.845. The van der Waals surface area contributed by atoms with Crippen molar-refractivity contribution in [3.05, 3.63) is 40.7 Å². The second kappa shape index (κ2) is 4.85. The maximum absolute atomic E-state index is 8.78. The number of aromatic nitrogens is 2. The second-order valence-corrected chi connectivity index (χ2v) is 3.78. The average molecular weight is 249 g/mol. The Hall–Kier alpha value is -2.06. The summed E-state index contributed by atoms with van der Waals surface area (Å²) in [5.41, 5.74) is 0.455. The monoisotopic (exact) mass is 248 g/mol. The summed E-state index contributed by atoms with van der Waals surface area (Å²) in [7, 11) is 0. The topological polar surface area (TPSA) is 74.7 Å². The van der Waals surface area contributed by atoms with Crippen LogP contribution in [-0.4, -0.2) is 9.97 Å². The normalized spacial score (nSPS) is 9.94. The van der Waals surface area contributed by atoms with Crippen molar-refractivity contribution in [1.82, 2.24) is 9.97 Å². The smallest absolute Gasteiger partial charge is 0.213 e. The van der Waals surface area contributed by atoms with Gasteiger partial charge in [-0.25, -0.2) is 9.97 Å². The first-order valence-corrected chi connectivity index (χ1v) is 5.28. The number of nitrogens with zero attached hydrogens (tertiary/aromatic N) is 3. The minimum absolute atomic E-state index is 0.273. The van der Waals surface area contributed by atoms with Crippen LogP contribution in [0.15, 0.2) is 22.7 Å². The number of nitriles is 1. The lowest BCUT2D eigenvalue weighted by Crippen LogP contribution is -2.02. The van der Waals surface area contributed by atoms with Gasteiger partial charge in [0, 0.05) is 0 Å². The molecule has 0 bridgehead atoms. The van der Waals surface area contributed by atoms with Crippen LogP contribution in [0.3, 0.4) is 0 Å². The first kappa shape index (κ1) is 11.4. The summed E-state index contributed by atoms with van der Waals surface area (Å²) in [4.78, 5) is 8.08. The summed E-state index contributed by atoms with van der Waals surface area (Å²) < 4.78 is 5.29. The second-order valence-electron chi connectivity index (χ2n) is 3.39. The molecule has 0 aliphatic rings. The molecule has 86 valence electrons. The number of aryl methyl sites for hydroxylation is 1. The summed E-state index contributed by atoms with van der Waals surface area (Å²) in [6, 6.07) is 5.12. The number of hydrogen-bond acceptors (Lipinski definition) is 5. The number of pyridine rings is 1. The fraction of sp³-hybridized carbons (Fsp3) is 0.182. The third-order valence-corrected chi connectivity index (χ3v) is 2.21. The van der Waals surface area contributed by atoms with Gasteiger partial charge in [0.15, 0.2) is 0 Å². The zero-order chi connectivity index (χ0) is 12.3. The van der Waals surface area contributed by atoms with Crippen LogP contribution >= 0.6 is 11.6 Å². The summed E-state index contributed by atoms with van der Waals surface area (Å²) in [6.45, 7) is 2.22. The molecule has 0 radical (unpaired) electrons. The highest BCUT2D eigenvalue weighted by Crippen LogP contribution is 2.14. The van der Waals surface area contributed by atoms with E-state index in [-0.39, 0.29) is 5.15 Å². The van der Waals surface area contributed by atoms with Gasteiger partial charge in [-0.15, -0.1) is 0 Å². The third kappa shape index (κ3) is 2.95. The Labute approximate surface area is 103 Å². The summed E-state index contributed by atoms with van der Waals surface area (Å²) in [5, 5.41) is 12.0. The summed E-state index contributed by atoms with van der Waals surface area (Å²) >= 11 is 5.77. The van der Waals surface area contributed by atoms with E-state index < -0.39 is 0 Å². The molecule has 0 aromatic carbocycles. The number of hydrogen-bond donors (Lipinski definition) is 1. The average Bonchev–Trinajstić information content (AvgIpc) is 2.72. The van der Waals surface area contributed by atoms with Gasteiger partial charge in [-0.1, -0.05) is 11.6 Å². The van der Waals surface area contributed by atoms with Crippen molar-refractivity contribution in [1.29, 1.82) is 5.26 Å². The van der Waals surface area contributed by atoms with E-state index in [1.165, 1.54) is 6.07 Å². The minimum atomic E-state index is 0.273. The van der Waals surface area contributed by atoms with Crippen molar-refractivity contribution < 1.29 is 4.42 Å². The van der Waals surface area contributed by atoms with E-state index in [2.05, 4.69) is 15.3 Å². The lowest BCUT2D eigenvalue weighted by Gasteiger charge is -2.03. The highest BCUT2D eigenvalue weighted by molar-refractivity contribution is 6.29. The molecule has 0 aliphatic carbocycles. The third-order valence-electron chi connectivity index (χ3n) is 2.01. The molecule has 6 heteroatoms. The molecule has 5 nitrogen and oxygen atoms in total. The number of nitrogens with one attached hydrogen (secondary N) is 1. The van der Waals surface area contributed by atoms with Crippen molar-refractivity contribution in [2.45, 2.75) is 13.5 Å². The molecule has 0 spiro atoms. The molecule has 0 saturated carbocycles. The van der Waals surface area contributed by atoms with Crippen molar-refractivity contribution >= 4 is 17.4 Å². The van der Waals surface area contributed by atoms with E-state index >= 15 is 0 Å². The van der Waals surface area contributed by atoms with Crippen LogP contribution in [0.25, 0.3) is 0 Å². The Bertz CT molecular complexity index is 573. The van der Waals surface area contributed by atoms with E-state index in [0.717, 1.165) is 5.76 Å². The molecule has 1 N–H and O–H groups in total. The predicted octanol–water partition coefficient (Wildman–Crippen LogP) is 2.52. The summed E-state index contributed by atoms with van der Waals surface area (Å²) in [5.74, 6) is 1.83. The van der Waals surface area contributed by atoms with Crippen molar-refractivity contribution in [2.75, 3.05) is 5.32 Å². The Kier molecular flexibility index (Phi) is 3.26. The van der Waals surface area contributed by atoms with Gasteiger partial charge in [-0.05, 0) is 19.1 Å². The summed E-state index contributed by atoms with van der Waals surface area (Å²) in [6.07, 6.45) is 1.64. The number of oxazole rings is 1. The SMILES string of the molecule is Cc1cnc(CNc2cc(C#N)cc(Cl)n2)o1. The minimum Gasteiger partial charge on any atom is -0.444 e. The fourth-order valence-corrected chi connectivity index (χ4v) is 1.51. The van der Waals surface area contributed by atoms with Crippen LogP contribution in [0, 0.1) is 18.3 Å². The lowest BCUT2D eigenvalue weighted by atomic mass is 10.3. The highest BCUT2D eigenvalue weighted by Gasteiger charge is 2.03. The van der Waals surface area contributed by atoms with Gasteiger partial charge in [-0.2, -0.15) is 5.26 Å². The van der Waals surface area contributed by atoms with Gasteiger partial charge in [-0.3, -0.25) is 0 Å². The standard InChI is InChI=1S/C11H9ClN4O/c1-7-5-15-11(17-7)6-14-10-3-8(4-13)2-9(12)16-10/h2-3,5H,6H2,1H3,(H,14,16). The Morgan fingerprint density at radius 2 is 2.35 bits per heavy atom. The molecule has 2 rings (SSSR count). The largest absolute Gasteiger partial charge is 0.444 e. The van der Waals surface area contributed by atoms with E-state index in [0.29, 0.717) is 23.8 Å². The number of anilines is 1. The van der Waals surface area contributed by atoms with Crippen LogP contribution < -0.4 is 5.32 Å². The maximum atomic E-state index is 8.78. The molecule has 0 aliphatic heterocycles. The maximum Gasteiger partial charge on any atom is 0.213 e. The van der Waals surface area contributed by atoms with E-state index in [1.54, 1.807) is 12.3 Å². The molecule has 2 heterocycles. The fourth-order valence-electron chi connectivity index (χ4n) is 1.30. The molecule has 0 saturated heterocycles. The van der Waals surface area contributed by atoms with E-state index in [4.69, 9.17) is 21.3 Å². The van der Waals surface area contributed by atoms with Crippen LogP contribution in [0.1, 0.15) is 17.2 Å². The molecule has 2 aromatic rings. The van der Waals surface area contributed by atoms with E-state index in [9.17, 15) is 0 Å². The molecule has 0 fully saturated rings. The van der Waals surface area contributed by atoms with Gasteiger partial charge in [0.2, 0.25) is 5.89 Å². The number of rotatable bonds is 3. The first-order valence-electron chi connectivity index (χ1n) is 4.90. The zero-order valence-electron chi connectivity index (χ0n) is 9.07. The van der Waals surface area contributed by atoms with Crippen LogP contribution in [0.2, 0.25) is 5.15 Å². The van der Waals surface area contributed by atoms with Crippen molar-refractivity contribution in [3.63, 3.8) is 0 Å². The molecule has 0 atom stereocenters. The van der Waals surface area contributed by atoms with Gasteiger partial charge in [0.25, 0.3) is 0 Å². The number of halogens is 1. The Morgan fingerprint density at radius 1 is 1.53 bits per heavy atom. The lowest BCUT2D eigenvalue weighted by molar-refractivity contribution is 0.479. The van der Waals surface area contributed by atoms with Crippen LogP contribution in [0.5, 0.6) is 0 Å². The molecular formula is C11H9ClN4O. The Balaban J connectivity index is 2.09. The van der Waals surface area contributed by atoms with Crippen LogP contribution in [-0.2, 0) is 6.54 Å². The molecule has 17 heavy (non-hydrogen) atoms. The molecular weight excluding hydrogens is 240 g/mol. The van der Waals surface area contributed by atoms with Crippen molar-refractivity contribution in [2.24, 2.45) is 0 Å². The molecule has 0 amide bonds. The molecule has 2 aromatic heterocycles. The highest BCUT2D eigenvalue weighted by atomic mass is 35.5. The van der Waals surface area contributed by atoms with Gasteiger partial charge in [0.1, 0.15) is 16.7 Å². The Morgan fingerprint density at radius 3 is 3.00 bits per heavy atom. The predicted molar refractivity (Wildman–Crippen MR) is 62.5 cm³/mol. The van der Waals surface area contributed by atoms with Gasteiger partial charge < -0.3 is 9.73 Å². The van der Waals surface area contributed by atoms with E-state index in [1.807, 2.05) is 13.0 Å². The molecule has 0 unspecified atom stereocenters. The van der Waals surface area contributed by atoms with Gasteiger partial charge in [0.05, 0.1) is 24.4 Å². The van der Waals surface area contributed by atoms with Crippen molar-refractivity contribution in [3.8, 4) is 6.07 Å².